The quantitative estimate of drug-likeness (QED) is 0.559. The average molecular weight is 342 g/mol. The molecule has 0 atom stereocenters. The predicted octanol–water partition coefficient (Wildman–Crippen LogP) is 2.83. The molecule has 132 valence electrons. The molecule has 5 nitrogen and oxygen atoms in total. The molecule has 0 aromatic heterocycles. The summed E-state index contributed by atoms with van der Waals surface area (Å²) in [6, 6.07) is 14.2. The van der Waals surface area contributed by atoms with E-state index in [9.17, 15) is 9.18 Å². The topological polar surface area (TPSA) is 65.5 Å². The van der Waals surface area contributed by atoms with Gasteiger partial charge < -0.3 is 16.0 Å². The molecule has 0 bridgehead atoms. The fourth-order valence-electron chi connectivity index (χ4n) is 2.21. The van der Waals surface area contributed by atoms with Crippen molar-refractivity contribution in [2.45, 2.75) is 20.4 Å². The zero-order valence-electron chi connectivity index (χ0n) is 14.5. The minimum Gasteiger partial charge on any atom is -0.357 e. The maximum absolute atomic E-state index is 13.3. The van der Waals surface area contributed by atoms with Gasteiger partial charge in [0.1, 0.15) is 5.82 Å². The Morgan fingerprint density at radius 2 is 1.88 bits per heavy atom. The van der Waals surface area contributed by atoms with E-state index in [1.165, 1.54) is 6.07 Å². The number of para-hydroxylation sites is 1. The number of carbonyl (C=O) groups excluding carboxylic acids is 1. The van der Waals surface area contributed by atoms with Crippen molar-refractivity contribution in [2.75, 3.05) is 18.4 Å². The molecule has 0 saturated carbocycles. The van der Waals surface area contributed by atoms with Crippen LogP contribution in [0.2, 0.25) is 0 Å². The monoisotopic (exact) mass is 342 g/mol. The van der Waals surface area contributed by atoms with E-state index in [1.54, 1.807) is 19.1 Å². The van der Waals surface area contributed by atoms with Crippen molar-refractivity contribution < 1.29 is 9.18 Å². The number of guanidine groups is 1. The first-order chi connectivity index (χ1) is 12.1. The summed E-state index contributed by atoms with van der Waals surface area (Å²) in [6.45, 7) is 4.84. The molecule has 2 rings (SSSR count). The van der Waals surface area contributed by atoms with Gasteiger partial charge in [-0.2, -0.15) is 0 Å². The number of benzene rings is 2. The second-order valence-electron chi connectivity index (χ2n) is 5.55. The van der Waals surface area contributed by atoms with Gasteiger partial charge in [-0.05, 0) is 43.2 Å². The lowest BCUT2D eigenvalue weighted by molar-refractivity contribution is -0.115. The zero-order chi connectivity index (χ0) is 18.1. The van der Waals surface area contributed by atoms with Gasteiger partial charge in [0.15, 0.2) is 5.96 Å². The molecule has 1 amide bonds. The molecule has 6 heteroatoms. The van der Waals surface area contributed by atoms with Crippen molar-refractivity contribution in [3.05, 3.63) is 65.5 Å². The summed E-state index contributed by atoms with van der Waals surface area (Å²) in [7, 11) is 0. The Hall–Kier alpha value is -2.89. The van der Waals surface area contributed by atoms with Crippen molar-refractivity contribution in [3.63, 3.8) is 0 Å². The van der Waals surface area contributed by atoms with Gasteiger partial charge in [-0.1, -0.05) is 30.3 Å². The third-order valence-corrected chi connectivity index (χ3v) is 3.46. The number of hydrogen-bond acceptors (Lipinski definition) is 2. The molecule has 2 aromatic rings. The van der Waals surface area contributed by atoms with E-state index in [2.05, 4.69) is 20.9 Å². The van der Waals surface area contributed by atoms with Crippen LogP contribution in [0.15, 0.2) is 53.5 Å². The number of aryl methyl sites for hydroxylation is 1. The maximum Gasteiger partial charge on any atom is 0.243 e. The highest BCUT2D eigenvalue weighted by Crippen LogP contribution is 2.10. The maximum atomic E-state index is 13.3. The molecular formula is C19H23FN4O. The van der Waals surface area contributed by atoms with Crippen LogP contribution in [-0.4, -0.2) is 25.0 Å². The van der Waals surface area contributed by atoms with Crippen LogP contribution in [-0.2, 0) is 11.3 Å². The van der Waals surface area contributed by atoms with Crippen LogP contribution in [0, 0.1) is 12.7 Å². The Morgan fingerprint density at radius 3 is 2.56 bits per heavy atom. The van der Waals surface area contributed by atoms with E-state index in [4.69, 9.17) is 0 Å². The van der Waals surface area contributed by atoms with Gasteiger partial charge in [0.25, 0.3) is 0 Å². The highest BCUT2D eigenvalue weighted by atomic mass is 19.1. The fourth-order valence-corrected chi connectivity index (χ4v) is 2.21. The van der Waals surface area contributed by atoms with Crippen LogP contribution >= 0.6 is 0 Å². The van der Waals surface area contributed by atoms with Crippen molar-refractivity contribution >= 4 is 17.6 Å². The van der Waals surface area contributed by atoms with Gasteiger partial charge >= 0.3 is 0 Å². The lowest BCUT2D eigenvalue weighted by Crippen LogP contribution is -2.41. The summed E-state index contributed by atoms with van der Waals surface area (Å²) in [6.07, 6.45) is 0. The number of halogens is 1. The summed E-state index contributed by atoms with van der Waals surface area (Å²) in [4.78, 5) is 16.4. The lowest BCUT2D eigenvalue weighted by Gasteiger charge is -2.11. The molecule has 25 heavy (non-hydrogen) atoms. The van der Waals surface area contributed by atoms with Crippen LogP contribution in [0.25, 0.3) is 0 Å². The molecule has 3 N–H and O–H groups in total. The minimum absolute atomic E-state index is 0.100. The predicted molar refractivity (Wildman–Crippen MR) is 99.0 cm³/mol. The summed E-state index contributed by atoms with van der Waals surface area (Å²) in [5, 5.41) is 8.87. The van der Waals surface area contributed by atoms with Gasteiger partial charge in [0, 0.05) is 12.2 Å². The third-order valence-electron chi connectivity index (χ3n) is 3.46. The van der Waals surface area contributed by atoms with Gasteiger partial charge in [0.2, 0.25) is 5.91 Å². The molecule has 0 fully saturated rings. The van der Waals surface area contributed by atoms with Crippen LogP contribution in [0.1, 0.15) is 18.1 Å². The number of amides is 1. The summed E-state index contributed by atoms with van der Waals surface area (Å²) >= 11 is 0. The number of rotatable bonds is 6. The Kier molecular flexibility index (Phi) is 6.95. The zero-order valence-corrected chi connectivity index (χ0v) is 14.5. The Labute approximate surface area is 147 Å². The molecule has 0 saturated heterocycles. The number of hydrogen-bond donors (Lipinski definition) is 3. The normalized spacial score (nSPS) is 11.1. The summed E-state index contributed by atoms with van der Waals surface area (Å²) in [5.41, 5.74) is 2.25. The first-order valence-corrected chi connectivity index (χ1v) is 8.20. The van der Waals surface area contributed by atoms with Gasteiger partial charge in [-0.15, -0.1) is 0 Å². The van der Waals surface area contributed by atoms with Crippen LogP contribution in [0.5, 0.6) is 0 Å². The van der Waals surface area contributed by atoms with Crippen molar-refractivity contribution in [2.24, 2.45) is 4.99 Å². The number of anilines is 1. The Morgan fingerprint density at radius 1 is 1.12 bits per heavy atom. The highest BCUT2D eigenvalue weighted by molar-refractivity contribution is 5.94. The molecule has 0 heterocycles. The Bertz CT molecular complexity index is 731. The van der Waals surface area contributed by atoms with Crippen molar-refractivity contribution in [3.8, 4) is 0 Å². The van der Waals surface area contributed by atoms with Crippen LogP contribution in [0.3, 0.4) is 0 Å². The number of carbonyl (C=O) groups is 1. The average Bonchev–Trinajstić information content (AvgIpc) is 2.61. The summed E-state index contributed by atoms with van der Waals surface area (Å²) in [5.74, 6) is 0.150. The molecule has 2 aromatic carbocycles. The van der Waals surface area contributed by atoms with E-state index in [-0.39, 0.29) is 18.3 Å². The van der Waals surface area contributed by atoms with Gasteiger partial charge in [-0.3, -0.25) is 4.79 Å². The largest absolute Gasteiger partial charge is 0.357 e. The smallest absolute Gasteiger partial charge is 0.243 e. The molecule has 0 spiro atoms. The van der Waals surface area contributed by atoms with E-state index in [0.717, 1.165) is 11.3 Å². The molecule has 0 aliphatic rings. The first kappa shape index (κ1) is 18.4. The molecule has 0 unspecified atom stereocenters. The highest BCUT2D eigenvalue weighted by Gasteiger charge is 2.04. The number of nitrogens with one attached hydrogen (secondary N) is 3. The van der Waals surface area contributed by atoms with E-state index in [1.807, 2.05) is 37.3 Å². The van der Waals surface area contributed by atoms with E-state index in [0.29, 0.717) is 24.6 Å². The van der Waals surface area contributed by atoms with E-state index < -0.39 is 0 Å². The van der Waals surface area contributed by atoms with Gasteiger partial charge in [-0.25, -0.2) is 9.38 Å². The summed E-state index contributed by atoms with van der Waals surface area (Å²) < 4.78 is 13.3. The molecule has 0 aliphatic carbocycles. The van der Waals surface area contributed by atoms with E-state index >= 15 is 0 Å². The second kappa shape index (κ2) is 9.42. The van der Waals surface area contributed by atoms with Crippen molar-refractivity contribution in [1.29, 1.82) is 0 Å². The lowest BCUT2D eigenvalue weighted by atomic mass is 10.1. The van der Waals surface area contributed by atoms with Crippen molar-refractivity contribution in [1.82, 2.24) is 10.6 Å². The van der Waals surface area contributed by atoms with Gasteiger partial charge in [0.05, 0.1) is 13.1 Å². The third kappa shape index (κ3) is 6.25. The minimum atomic E-state index is -0.227. The fraction of sp³-hybridized carbons (Fsp3) is 0.263. The first-order valence-electron chi connectivity index (χ1n) is 8.20. The van der Waals surface area contributed by atoms with Crippen LogP contribution < -0.4 is 16.0 Å². The number of nitrogens with zero attached hydrogens (tertiary/aromatic N) is 1. The SMILES string of the molecule is CCNC(=NCc1ccc(F)c(C)c1)NCC(=O)Nc1ccccc1. The molecule has 0 aliphatic heterocycles. The Balaban J connectivity index is 1.90. The molecular weight excluding hydrogens is 319 g/mol. The number of aliphatic imine (C=N–C) groups is 1. The molecule has 0 radical (unpaired) electrons. The second-order valence-corrected chi connectivity index (χ2v) is 5.55. The standard InChI is InChI=1S/C19H23FN4O/c1-3-21-19(22-12-15-9-10-17(20)14(2)11-15)23-13-18(25)24-16-7-5-4-6-8-16/h4-11H,3,12-13H2,1-2H3,(H,24,25)(H2,21,22,23). The van der Waals surface area contributed by atoms with Crippen LogP contribution in [0.4, 0.5) is 10.1 Å².